The number of halogens is 1. The number of nitrogens with zero attached hydrogens (tertiary/aromatic N) is 4. The van der Waals surface area contributed by atoms with Crippen LogP contribution in [0.5, 0.6) is 0 Å². The highest BCUT2D eigenvalue weighted by molar-refractivity contribution is 6.30. The standard InChI is InChI=1S/C20H27ClN6O/c1-5-15-11(3)14(8-24-12(15)4)10-27-9-13(7-16(28)23-6-2)17-18(21)25-20(22)26-19(17)27/h8,13H,5-7,9-10H2,1-4H3,(H,23,28)(H2,22,25,26). The molecule has 3 N–H and O–H groups in total. The van der Waals surface area contributed by atoms with Crippen molar-refractivity contribution in [2.45, 2.75) is 53.0 Å². The molecule has 0 saturated carbocycles. The minimum absolute atomic E-state index is 0.00496. The first-order chi connectivity index (χ1) is 13.3. The second kappa shape index (κ2) is 8.31. The number of carbonyl (C=O) groups is 1. The van der Waals surface area contributed by atoms with Gasteiger partial charge in [-0.1, -0.05) is 18.5 Å². The minimum atomic E-state index is -0.0704. The molecule has 0 spiro atoms. The third kappa shape index (κ3) is 3.90. The summed E-state index contributed by atoms with van der Waals surface area (Å²) in [4.78, 5) is 27.4. The van der Waals surface area contributed by atoms with Gasteiger partial charge in [0.2, 0.25) is 11.9 Å². The fourth-order valence-corrected chi connectivity index (χ4v) is 4.31. The van der Waals surface area contributed by atoms with E-state index in [-0.39, 0.29) is 17.8 Å². The van der Waals surface area contributed by atoms with E-state index in [4.69, 9.17) is 17.3 Å². The van der Waals surface area contributed by atoms with Gasteiger partial charge in [-0.2, -0.15) is 4.98 Å². The molecule has 0 aliphatic carbocycles. The van der Waals surface area contributed by atoms with E-state index in [1.165, 1.54) is 11.1 Å². The quantitative estimate of drug-likeness (QED) is 0.721. The first-order valence-electron chi connectivity index (χ1n) is 9.64. The van der Waals surface area contributed by atoms with Crippen LogP contribution in [-0.4, -0.2) is 33.9 Å². The van der Waals surface area contributed by atoms with E-state index in [2.05, 4.69) is 39.0 Å². The van der Waals surface area contributed by atoms with Crippen molar-refractivity contribution in [2.24, 2.45) is 0 Å². The lowest BCUT2D eigenvalue weighted by Crippen LogP contribution is -2.27. The molecule has 3 rings (SSSR count). The summed E-state index contributed by atoms with van der Waals surface area (Å²) in [5, 5.41) is 3.18. The van der Waals surface area contributed by atoms with Crippen LogP contribution < -0.4 is 16.0 Å². The molecule has 2 aromatic heterocycles. The van der Waals surface area contributed by atoms with Gasteiger partial charge in [0, 0.05) is 49.4 Å². The Morgan fingerprint density at radius 2 is 2.11 bits per heavy atom. The summed E-state index contributed by atoms with van der Waals surface area (Å²) < 4.78 is 0. The van der Waals surface area contributed by atoms with Crippen LogP contribution in [0.15, 0.2) is 6.20 Å². The molecule has 0 fully saturated rings. The maximum atomic E-state index is 12.2. The maximum Gasteiger partial charge on any atom is 0.223 e. The lowest BCUT2D eigenvalue weighted by atomic mass is 10.00. The molecule has 0 radical (unpaired) electrons. The van der Waals surface area contributed by atoms with Crippen LogP contribution in [0.2, 0.25) is 5.15 Å². The normalized spacial score (nSPS) is 15.6. The molecular weight excluding hydrogens is 376 g/mol. The summed E-state index contributed by atoms with van der Waals surface area (Å²) in [7, 11) is 0. The fraction of sp³-hybridized carbons (Fsp3) is 0.500. The van der Waals surface area contributed by atoms with Gasteiger partial charge in [0.1, 0.15) is 11.0 Å². The number of aromatic nitrogens is 3. The molecule has 1 atom stereocenters. The van der Waals surface area contributed by atoms with Crippen molar-refractivity contribution in [1.82, 2.24) is 20.3 Å². The number of aryl methyl sites for hydroxylation is 1. The minimum Gasteiger partial charge on any atom is -0.368 e. The highest BCUT2D eigenvalue weighted by Crippen LogP contribution is 2.41. The topological polar surface area (TPSA) is 97.0 Å². The lowest BCUT2D eigenvalue weighted by Gasteiger charge is -2.21. The van der Waals surface area contributed by atoms with Gasteiger partial charge in [-0.15, -0.1) is 0 Å². The average Bonchev–Trinajstić information content (AvgIpc) is 2.95. The van der Waals surface area contributed by atoms with E-state index in [1.807, 2.05) is 20.0 Å². The van der Waals surface area contributed by atoms with Crippen LogP contribution in [0.25, 0.3) is 0 Å². The Balaban J connectivity index is 1.94. The summed E-state index contributed by atoms with van der Waals surface area (Å²) >= 11 is 6.40. The molecule has 0 aromatic carbocycles. The van der Waals surface area contributed by atoms with Crippen molar-refractivity contribution in [2.75, 3.05) is 23.7 Å². The molecule has 150 valence electrons. The molecule has 1 amide bonds. The zero-order valence-electron chi connectivity index (χ0n) is 16.8. The summed E-state index contributed by atoms with van der Waals surface area (Å²) in [6.45, 7) is 10.1. The van der Waals surface area contributed by atoms with Crippen LogP contribution in [0.4, 0.5) is 11.8 Å². The van der Waals surface area contributed by atoms with Crippen molar-refractivity contribution >= 4 is 29.3 Å². The monoisotopic (exact) mass is 402 g/mol. The van der Waals surface area contributed by atoms with E-state index in [0.717, 1.165) is 23.2 Å². The Labute approximate surface area is 170 Å². The van der Waals surface area contributed by atoms with E-state index in [1.54, 1.807) is 0 Å². The van der Waals surface area contributed by atoms with Gasteiger partial charge < -0.3 is 16.0 Å². The SMILES string of the molecule is CCNC(=O)CC1CN(Cc2cnc(C)c(CC)c2C)c2nc(N)nc(Cl)c21. The van der Waals surface area contributed by atoms with Crippen molar-refractivity contribution in [3.63, 3.8) is 0 Å². The van der Waals surface area contributed by atoms with Gasteiger partial charge >= 0.3 is 0 Å². The maximum absolute atomic E-state index is 12.2. The van der Waals surface area contributed by atoms with Crippen LogP contribution in [0.3, 0.4) is 0 Å². The number of nitrogens with two attached hydrogens (primary N) is 1. The highest BCUT2D eigenvalue weighted by atomic mass is 35.5. The average molecular weight is 403 g/mol. The van der Waals surface area contributed by atoms with Crippen molar-refractivity contribution in [1.29, 1.82) is 0 Å². The predicted molar refractivity (Wildman–Crippen MR) is 112 cm³/mol. The highest BCUT2D eigenvalue weighted by Gasteiger charge is 2.35. The number of nitrogens with one attached hydrogen (secondary N) is 1. The van der Waals surface area contributed by atoms with Gasteiger partial charge in [0.05, 0.1) is 0 Å². The number of hydrogen-bond acceptors (Lipinski definition) is 6. The molecule has 3 heterocycles. The zero-order chi connectivity index (χ0) is 20.4. The van der Waals surface area contributed by atoms with Crippen LogP contribution in [0.1, 0.15) is 54.1 Å². The van der Waals surface area contributed by atoms with Gasteiger partial charge in [-0.25, -0.2) is 4.98 Å². The molecule has 1 aliphatic heterocycles. The molecule has 1 aliphatic rings. The summed E-state index contributed by atoms with van der Waals surface area (Å²) in [6, 6.07) is 0. The van der Waals surface area contributed by atoms with E-state index < -0.39 is 0 Å². The number of hydrogen-bond donors (Lipinski definition) is 2. The zero-order valence-corrected chi connectivity index (χ0v) is 17.6. The number of anilines is 2. The van der Waals surface area contributed by atoms with E-state index in [0.29, 0.717) is 37.0 Å². The molecule has 0 saturated heterocycles. The lowest BCUT2D eigenvalue weighted by molar-refractivity contribution is -0.121. The smallest absolute Gasteiger partial charge is 0.223 e. The van der Waals surface area contributed by atoms with Gasteiger partial charge in [0.15, 0.2) is 0 Å². The van der Waals surface area contributed by atoms with E-state index >= 15 is 0 Å². The summed E-state index contributed by atoms with van der Waals surface area (Å²) in [6.07, 6.45) is 3.21. The second-order valence-electron chi connectivity index (χ2n) is 7.17. The Bertz CT molecular complexity index is 901. The van der Waals surface area contributed by atoms with Crippen LogP contribution in [-0.2, 0) is 17.8 Å². The Kier molecular flexibility index (Phi) is 6.03. The summed E-state index contributed by atoms with van der Waals surface area (Å²) in [5.41, 5.74) is 11.4. The first-order valence-corrected chi connectivity index (χ1v) is 10.0. The largest absolute Gasteiger partial charge is 0.368 e. The molecular formula is C20H27ClN6O. The number of fused-ring (bicyclic) bond motifs is 1. The molecule has 8 heteroatoms. The molecule has 0 bridgehead atoms. The number of amides is 1. The van der Waals surface area contributed by atoms with Crippen molar-refractivity contribution in [3.8, 4) is 0 Å². The predicted octanol–water partition coefficient (Wildman–Crippen LogP) is 2.92. The molecule has 28 heavy (non-hydrogen) atoms. The Morgan fingerprint density at radius 1 is 1.36 bits per heavy atom. The number of pyridine rings is 1. The van der Waals surface area contributed by atoms with Gasteiger partial charge in [-0.3, -0.25) is 9.78 Å². The van der Waals surface area contributed by atoms with Gasteiger partial charge in [0.25, 0.3) is 0 Å². The fourth-order valence-electron chi connectivity index (χ4n) is 3.98. The second-order valence-corrected chi connectivity index (χ2v) is 7.53. The number of rotatable bonds is 6. The first kappa shape index (κ1) is 20.3. The van der Waals surface area contributed by atoms with Gasteiger partial charge in [-0.05, 0) is 43.9 Å². The van der Waals surface area contributed by atoms with Crippen molar-refractivity contribution in [3.05, 3.63) is 39.3 Å². The van der Waals surface area contributed by atoms with Crippen molar-refractivity contribution < 1.29 is 4.79 Å². The molecule has 2 aromatic rings. The molecule has 7 nitrogen and oxygen atoms in total. The third-order valence-corrected chi connectivity index (χ3v) is 5.64. The van der Waals surface area contributed by atoms with Crippen LogP contribution in [0, 0.1) is 13.8 Å². The number of nitrogen functional groups attached to an aromatic ring is 1. The third-order valence-electron chi connectivity index (χ3n) is 5.35. The summed E-state index contributed by atoms with van der Waals surface area (Å²) in [5.74, 6) is 0.777. The Hall–Kier alpha value is -2.41. The number of carbonyl (C=O) groups excluding carboxylic acids is 1. The van der Waals surface area contributed by atoms with Crippen LogP contribution >= 0.6 is 11.6 Å². The Morgan fingerprint density at radius 3 is 2.79 bits per heavy atom. The molecule has 1 unspecified atom stereocenters. The van der Waals surface area contributed by atoms with E-state index in [9.17, 15) is 4.79 Å².